The van der Waals surface area contributed by atoms with Crippen LogP contribution in [0.15, 0.2) is 36.7 Å². The molecule has 3 aromatic rings. The molecule has 23 heavy (non-hydrogen) atoms. The van der Waals surface area contributed by atoms with Crippen molar-refractivity contribution in [2.75, 3.05) is 5.32 Å². The van der Waals surface area contributed by atoms with E-state index in [9.17, 15) is 4.79 Å². The average Bonchev–Trinajstić information content (AvgIpc) is 2.87. The highest BCUT2D eigenvalue weighted by Gasteiger charge is 2.08. The maximum atomic E-state index is 11.9. The molecule has 0 bridgehead atoms. The Balaban J connectivity index is 1.88. The first kappa shape index (κ1) is 15.2. The van der Waals surface area contributed by atoms with Crippen molar-refractivity contribution in [1.29, 1.82) is 0 Å². The summed E-state index contributed by atoms with van der Waals surface area (Å²) in [7, 11) is 0. The van der Waals surface area contributed by atoms with Crippen molar-refractivity contribution in [2.24, 2.45) is 5.92 Å². The van der Waals surface area contributed by atoms with Gasteiger partial charge in [0.25, 0.3) is 0 Å². The zero-order valence-electron chi connectivity index (χ0n) is 13.6. The highest BCUT2D eigenvalue weighted by atomic mass is 16.1. The molecule has 0 aliphatic carbocycles. The molecule has 0 spiro atoms. The fraction of sp³-hybridized carbons (Fsp3) is 0.278. The van der Waals surface area contributed by atoms with Crippen LogP contribution in [-0.2, 0) is 4.79 Å². The fourth-order valence-electron chi connectivity index (χ4n) is 2.57. The summed E-state index contributed by atoms with van der Waals surface area (Å²) in [5, 5.41) is 11.2. The zero-order chi connectivity index (χ0) is 16.4. The summed E-state index contributed by atoms with van der Waals surface area (Å²) in [5.41, 5.74) is 4.72. The fourth-order valence-corrected chi connectivity index (χ4v) is 2.57. The number of nitrogens with one attached hydrogen (secondary N) is 2. The van der Waals surface area contributed by atoms with Crippen LogP contribution in [0.2, 0.25) is 0 Å². The molecule has 0 aliphatic heterocycles. The maximum absolute atomic E-state index is 11.9. The second-order valence-corrected chi connectivity index (χ2v) is 6.19. The van der Waals surface area contributed by atoms with Crippen molar-refractivity contribution >= 4 is 22.5 Å². The minimum atomic E-state index is 0.0140. The van der Waals surface area contributed by atoms with Gasteiger partial charge in [-0.2, -0.15) is 5.10 Å². The van der Waals surface area contributed by atoms with Crippen molar-refractivity contribution in [3.8, 4) is 11.1 Å². The molecular formula is C18H20N4O. The Morgan fingerprint density at radius 1 is 1.22 bits per heavy atom. The number of benzene rings is 1. The van der Waals surface area contributed by atoms with Crippen LogP contribution in [0.25, 0.3) is 22.0 Å². The lowest BCUT2D eigenvalue weighted by molar-refractivity contribution is -0.116. The van der Waals surface area contributed by atoms with E-state index in [-0.39, 0.29) is 5.91 Å². The largest absolute Gasteiger partial charge is 0.325 e. The molecule has 3 rings (SSSR count). The summed E-state index contributed by atoms with van der Waals surface area (Å²) in [4.78, 5) is 16.1. The topological polar surface area (TPSA) is 70.7 Å². The molecule has 0 saturated heterocycles. The number of fused-ring (bicyclic) bond motifs is 1. The highest BCUT2D eigenvalue weighted by molar-refractivity contribution is 5.92. The molecule has 2 heterocycles. The van der Waals surface area contributed by atoms with Crippen LogP contribution in [-0.4, -0.2) is 21.1 Å². The van der Waals surface area contributed by atoms with Gasteiger partial charge in [-0.25, -0.2) is 0 Å². The second-order valence-electron chi connectivity index (χ2n) is 6.19. The van der Waals surface area contributed by atoms with E-state index < -0.39 is 0 Å². The van der Waals surface area contributed by atoms with E-state index in [1.165, 1.54) is 0 Å². The van der Waals surface area contributed by atoms with Crippen molar-refractivity contribution in [3.05, 3.63) is 42.4 Å². The van der Waals surface area contributed by atoms with E-state index >= 15 is 0 Å². The van der Waals surface area contributed by atoms with Crippen LogP contribution in [0.1, 0.15) is 26.0 Å². The number of aromatic amines is 1. The molecule has 0 aliphatic rings. The molecule has 1 aromatic carbocycles. The van der Waals surface area contributed by atoms with Crippen LogP contribution >= 0.6 is 0 Å². The SMILES string of the molecule is Cc1[nH]nc2ccc(-c3cncc(NC(=O)CC(C)C)c3)cc12. The molecule has 5 heteroatoms. The number of pyridine rings is 1. The number of carbonyl (C=O) groups is 1. The maximum Gasteiger partial charge on any atom is 0.224 e. The predicted octanol–water partition coefficient (Wildman–Crippen LogP) is 3.92. The summed E-state index contributed by atoms with van der Waals surface area (Å²) in [5.74, 6) is 0.345. The molecule has 2 N–H and O–H groups in total. The number of hydrogen-bond acceptors (Lipinski definition) is 3. The van der Waals surface area contributed by atoms with E-state index in [1.54, 1.807) is 12.4 Å². The van der Waals surface area contributed by atoms with E-state index in [4.69, 9.17) is 0 Å². The van der Waals surface area contributed by atoms with Gasteiger partial charge in [0, 0.05) is 29.3 Å². The molecule has 0 saturated carbocycles. The summed E-state index contributed by atoms with van der Waals surface area (Å²) < 4.78 is 0. The third-order valence-corrected chi connectivity index (χ3v) is 3.69. The number of aromatic nitrogens is 3. The lowest BCUT2D eigenvalue weighted by Crippen LogP contribution is -2.13. The zero-order valence-corrected chi connectivity index (χ0v) is 13.6. The summed E-state index contributed by atoms with van der Waals surface area (Å²) >= 11 is 0. The number of nitrogens with zero attached hydrogens (tertiary/aromatic N) is 2. The number of aryl methyl sites for hydroxylation is 1. The molecule has 0 unspecified atom stereocenters. The van der Waals surface area contributed by atoms with E-state index in [1.807, 2.05) is 39.0 Å². The van der Waals surface area contributed by atoms with Gasteiger partial charge in [-0.05, 0) is 36.6 Å². The Hall–Kier alpha value is -2.69. The second kappa shape index (κ2) is 6.20. The first-order valence-electron chi connectivity index (χ1n) is 7.73. The first-order valence-corrected chi connectivity index (χ1v) is 7.73. The Bertz CT molecular complexity index is 851. The number of rotatable bonds is 4. The van der Waals surface area contributed by atoms with Crippen molar-refractivity contribution in [2.45, 2.75) is 27.2 Å². The van der Waals surface area contributed by atoms with Crippen LogP contribution in [0.4, 0.5) is 5.69 Å². The van der Waals surface area contributed by atoms with Gasteiger partial charge in [0.2, 0.25) is 5.91 Å². The number of amides is 1. The molecule has 0 atom stereocenters. The smallest absolute Gasteiger partial charge is 0.224 e. The van der Waals surface area contributed by atoms with E-state index in [2.05, 4.69) is 26.6 Å². The van der Waals surface area contributed by atoms with Gasteiger partial charge in [-0.3, -0.25) is 14.9 Å². The van der Waals surface area contributed by atoms with Gasteiger partial charge in [0.15, 0.2) is 0 Å². The molecule has 2 aromatic heterocycles. The molecule has 5 nitrogen and oxygen atoms in total. The van der Waals surface area contributed by atoms with Gasteiger partial charge in [0.05, 0.1) is 17.4 Å². The highest BCUT2D eigenvalue weighted by Crippen LogP contribution is 2.26. The quantitative estimate of drug-likeness (QED) is 0.767. The number of hydrogen-bond donors (Lipinski definition) is 2. The summed E-state index contributed by atoms with van der Waals surface area (Å²) in [6, 6.07) is 8.03. The third kappa shape index (κ3) is 3.39. The Labute approximate surface area is 135 Å². The van der Waals surface area contributed by atoms with Crippen molar-refractivity contribution in [1.82, 2.24) is 15.2 Å². The standard InChI is InChI=1S/C18H20N4O/c1-11(2)6-18(23)20-15-7-14(9-19-10-15)13-4-5-17-16(8-13)12(3)21-22-17/h4-5,7-11H,6H2,1-3H3,(H,20,23)(H,21,22). The van der Waals surface area contributed by atoms with Crippen LogP contribution in [0.3, 0.4) is 0 Å². The van der Waals surface area contributed by atoms with Gasteiger partial charge in [-0.1, -0.05) is 19.9 Å². The molecule has 0 radical (unpaired) electrons. The third-order valence-electron chi connectivity index (χ3n) is 3.69. The van der Waals surface area contributed by atoms with Gasteiger partial charge < -0.3 is 5.32 Å². The Morgan fingerprint density at radius 3 is 2.83 bits per heavy atom. The number of anilines is 1. The number of H-pyrrole nitrogens is 1. The predicted molar refractivity (Wildman–Crippen MR) is 92.1 cm³/mol. The molecule has 1 amide bonds. The first-order chi connectivity index (χ1) is 11.0. The van der Waals surface area contributed by atoms with Crippen LogP contribution in [0, 0.1) is 12.8 Å². The molecule has 118 valence electrons. The lowest BCUT2D eigenvalue weighted by Gasteiger charge is -2.08. The van der Waals surface area contributed by atoms with E-state index in [0.29, 0.717) is 12.3 Å². The number of carbonyl (C=O) groups excluding carboxylic acids is 1. The molecular weight excluding hydrogens is 288 g/mol. The van der Waals surface area contributed by atoms with Gasteiger partial charge >= 0.3 is 0 Å². The lowest BCUT2D eigenvalue weighted by atomic mass is 10.0. The van der Waals surface area contributed by atoms with E-state index in [0.717, 1.165) is 33.4 Å². The molecule has 0 fully saturated rings. The van der Waals surface area contributed by atoms with Gasteiger partial charge in [-0.15, -0.1) is 0 Å². The average molecular weight is 308 g/mol. The van der Waals surface area contributed by atoms with Crippen molar-refractivity contribution in [3.63, 3.8) is 0 Å². The van der Waals surface area contributed by atoms with Gasteiger partial charge in [0.1, 0.15) is 0 Å². The Kier molecular flexibility index (Phi) is 4.10. The summed E-state index contributed by atoms with van der Waals surface area (Å²) in [6.45, 7) is 6.05. The monoisotopic (exact) mass is 308 g/mol. The van der Waals surface area contributed by atoms with Crippen molar-refractivity contribution < 1.29 is 4.79 Å². The van der Waals surface area contributed by atoms with Crippen LogP contribution in [0.5, 0.6) is 0 Å². The summed E-state index contributed by atoms with van der Waals surface area (Å²) in [6.07, 6.45) is 3.97. The minimum Gasteiger partial charge on any atom is -0.325 e. The minimum absolute atomic E-state index is 0.0140. The Morgan fingerprint density at radius 2 is 2.04 bits per heavy atom. The normalized spacial score (nSPS) is 11.1. The van der Waals surface area contributed by atoms with Crippen LogP contribution < -0.4 is 5.32 Å².